The molecule has 0 aliphatic rings. The van der Waals surface area contributed by atoms with Crippen LogP contribution >= 0.6 is 0 Å². The molecular formula is C18H23NO4. The zero-order valence-corrected chi connectivity index (χ0v) is 14.0. The Morgan fingerprint density at radius 2 is 1.09 bits per heavy atom. The van der Waals surface area contributed by atoms with Crippen LogP contribution in [0.2, 0.25) is 0 Å². The molecule has 5 nitrogen and oxygen atoms in total. The van der Waals surface area contributed by atoms with Crippen LogP contribution in [0.4, 0.5) is 0 Å². The van der Waals surface area contributed by atoms with Crippen LogP contribution in [-0.4, -0.2) is 28.4 Å². The van der Waals surface area contributed by atoms with Crippen LogP contribution in [0.25, 0.3) is 0 Å². The van der Waals surface area contributed by atoms with Gasteiger partial charge < -0.3 is 24.7 Å². The quantitative estimate of drug-likeness (QED) is 0.850. The summed E-state index contributed by atoms with van der Waals surface area (Å²) in [6.45, 7) is 0. The highest BCUT2D eigenvalue weighted by molar-refractivity contribution is 5.42. The zero-order valence-electron chi connectivity index (χ0n) is 14.0. The topological polar surface area (TPSA) is 62.9 Å². The van der Waals surface area contributed by atoms with Crippen molar-refractivity contribution in [1.82, 2.24) is 0 Å². The molecule has 0 fully saturated rings. The van der Waals surface area contributed by atoms with E-state index in [0.29, 0.717) is 6.42 Å². The third-order valence-corrected chi connectivity index (χ3v) is 3.67. The van der Waals surface area contributed by atoms with Gasteiger partial charge in [0.05, 0.1) is 28.4 Å². The Morgan fingerprint density at radius 1 is 0.696 bits per heavy atom. The van der Waals surface area contributed by atoms with Crippen molar-refractivity contribution in [2.24, 2.45) is 5.73 Å². The number of benzene rings is 2. The van der Waals surface area contributed by atoms with E-state index in [0.717, 1.165) is 34.1 Å². The van der Waals surface area contributed by atoms with E-state index in [1.54, 1.807) is 28.4 Å². The number of methoxy groups -OCH3 is 4. The summed E-state index contributed by atoms with van der Waals surface area (Å²) in [4.78, 5) is 0. The fourth-order valence-corrected chi connectivity index (χ4v) is 2.40. The molecule has 0 aliphatic carbocycles. The molecule has 1 atom stereocenters. The van der Waals surface area contributed by atoms with Gasteiger partial charge in [0.25, 0.3) is 0 Å². The molecule has 2 aromatic carbocycles. The highest BCUT2D eigenvalue weighted by atomic mass is 16.5. The predicted molar refractivity (Wildman–Crippen MR) is 89.7 cm³/mol. The predicted octanol–water partition coefficient (Wildman–Crippen LogP) is 2.96. The van der Waals surface area contributed by atoms with Crippen LogP contribution in [0.15, 0.2) is 36.4 Å². The lowest BCUT2D eigenvalue weighted by Crippen LogP contribution is -2.13. The Kier molecular flexibility index (Phi) is 5.71. The lowest BCUT2D eigenvalue weighted by atomic mass is 9.99. The standard InChI is InChI=1S/C18H23NO4/c1-20-14-5-12(6-15(10-14)21-2)7-18(19)13-8-16(22-3)11-17(9-13)23-4/h5-6,8-11,18H,7,19H2,1-4H3. The van der Waals surface area contributed by atoms with Gasteiger partial charge in [0.2, 0.25) is 0 Å². The molecule has 0 saturated carbocycles. The summed E-state index contributed by atoms with van der Waals surface area (Å²) in [6, 6.07) is 11.2. The van der Waals surface area contributed by atoms with Crippen LogP contribution in [0.5, 0.6) is 23.0 Å². The van der Waals surface area contributed by atoms with Gasteiger partial charge in [-0.1, -0.05) is 0 Å². The van der Waals surface area contributed by atoms with Crippen LogP contribution < -0.4 is 24.7 Å². The summed E-state index contributed by atoms with van der Waals surface area (Å²) in [7, 11) is 6.50. The average Bonchev–Trinajstić information content (AvgIpc) is 2.60. The van der Waals surface area contributed by atoms with E-state index in [2.05, 4.69) is 0 Å². The second kappa shape index (κ2) is 7.74. The highest BCUT2D eigenvalue weighted by Gasteiger charge is 2.12. The second-order valence-corrected chi connectivity index (χ2v) is 5.18. The molecule has 2 N–H and O–H groups in total. The maximum atomic E-state index is 6.36. The minimum Gasteiger partial charge on any atom is -0.497 e. The number of hydrogen-bond acceptors (Lipinski definition) is 5. The second-order valence-electron chi connectivity index (χ2n) is 5.18. The largest absolute Gasteiger partial charge is 0.497 e. The molecule has 0 aromatic heterocycles. The van der Waals surface area contributed by atoms with Crippen LogP contribution in [0, 0.1) is 0 Å². The van der Waals surface area contributed by atoms with E-state index in [1.807, 2.05) is 36.4 Å². The first-order chi connectivity index (χ1) is 11.1. The van der Waals surface area contributed by atoms with Gasteiger partial charge in [-0.3, -0.25) is 0 Å². The van der Waals surface area contributed by atoms with Gasteiger partial charge in [0, 0.05) is 18.2 Å². The maximum Gasteiger partial charge on any atom is 0.122 e. The lowest BCUT2D eigenvalue weighted by Gasteiger charge is -2.16. The molecule has 5 heteroatoms. The third-order valence-electron chi connectivity index (χ3n) is 3.67. The number of hydrogen-bond donors (Lipinski definition) is 1. The van der Waals surface area contributed by atoms with Crippen molar-refractivity contribution in [2.45, 2.75) is 12.5 Å². The first kappa shape index (κ1) is 17.0. The maximum absolute atomic E-state index is 6.36. The lowest BCUT2D eigenvalue weighted by molar-refractivity contribution is 0.391. The molecule has 124 valence electrons. The molecule has 0 radical (unpaired) electrons. The fourth-order valence-electron chi connectivity index (χ4n) is 2.40. The summed E-state index contributed by atoms with van der Waals surface area (Å²) < 4.78 is 21.2. The number of ether oxygens (including phenoxy) is 4. The molecule has 2 aromatic rings. The number of nitrogens with two attached hydrogens (primary N) is 1. The molecule has 0 amide bonds. The summed E-state index contributed by atoms with van der Waals surface area (Å²) in [5.41, 5.74) is 8.35. The number of rotatable bonds is 7. The normalized spacial score (nSPS) is 11.7. The Bertz CT molecular complexity index is 613. The molecule has 23 heavy (non-hydrogen) atoms. The van der Waals surface area contributed by atoms with Crippen molar-refractivity contribution >= 4 is 0 Å². The van der Waals surface area contributed by atoms with Crippen molar-refractivity contribution in [1.29, 1.82) is 0 Å². The summed E-state index contributed by atoms with van der Waals surface area (Å²) in [5, 5.41) is 0. The van der Waals surface area contributed by atoms with Crippen LogP contribution in [0.3, 0.4) is 0 Å². The van der Waals surface area contributed by atoms with Crippen LogP contribution in [0.1, 0.15) is 17.2 Å². The van der Waals surface area contributed by atoms with Gasteiger partial charge in [0.15, 0.2) is 0 Å². The minimum absolute atomic E-state index is 0.198. The molecule has 1 unspecified atom stereocenters. The van der Waals surface area contributed by atoms with Crippen molar-refractivity contribution in [3.05, 3.63) is 47.5 Å². The average molecular weight is 317 g/mol. The molecule has 0 spiro atoms. The van der Waals surface area contributed by atoms with Crippen molar-refractivity contribution in [2.75, 3.05) is 28.4 Å². The molecule has 0 aliphatic heterocycles. The van der Waals surface area contributed by atoms with E-state index in [1.165, 1.54) is 0 Å². The monoisotopic (exact) mass is 317 g/mol. The summed E-state index contributed by atoms with van der Waals surface area (Å²) in [5.74, 6) is 2.93. The Balaban J connectivity index is 2.26. The summed E-state index contributed by atoms with van der Waals surface area (Å²) >= 11 is 0. The first-order valence-corrected chi connectivity index (χ1v) is 7.30. The molecule has 0 heterocycles. The smallest absolute Gasteiger partial charge is 0.122 e. The Morgan fingerprint density at radius 3 is 1.48 bits per heavy atom. The van der Waals surface area contributed by atoms with Gasteiger partial charge in [-0.2, -0.15) is 0 Å². The van der Waals surface area contributed by atoms with Gasteiger partial charge in [-0.05, 0) is 41.8 Å². The highest BCUT2D eigenvalue weighted by Crippen LogP contribution is 2.29. The molecule has 0 bridgehead atoms. The Labute approximate surface area is 136 Å². The zero-order chi connectivity index (χ0) is 16.8. The molecular weight excluding hydrogens is 294 g/mol. The van der Waals surface area contributed by atoms with E-state index in [9.17, 15) is 0 Å². The van der Waals surface area contributed by atoms with E-state index >= 15 is 0 Å². The van der Waals surface area contributed by atoms with Crippen molar-refractivity contribution in [3.63, 3.8) is 0 Å². The van der Waals surface area contributed by atoms with Crippen molar-refractivity contribution in [3.8, 4) is 23.0 Å². The van der Waals surface area contributed by atoms with E-state index in [-0.39, 0.29) is 6.04 Å². The summed E-state index contributed by atoms with van der Waals surface area (Å²) in [6.07, 6.45) is 0.643. The van der Waals surface area contributed by atoms with Crippen LogP contribution in [-0.2, 0) is 6.42 Å². The molecule has 2 rings (SSSR count). The minimum atomic E-state index is -0.198. The van der Waals surface area contributed by atoms with Gasteiger partial charge in [0.1, 0.15) is 23.0 Å². The van der Waals surface area contributed by atoms with Gasteiger partial charge in [-0.25, -0.2) is 0 Å². The van der Waals surface area contributed by atoms with E-state index in [4.69, 9.17) is 24.7 Å². The third kappa shape index (κ3) is 4.29. The fraction of sp³-hybridized carbons (Fsp3) is 0.333. The first-order valence-electron chi connectivity index (χ1n) is 7.30. The van der Waals surface area contributed by atoms with E-state index < -0.39 is 0 Å². The van der Waals surface area contributed by atoms with Gasteiger partial charge >= 0.3 is 0 Å². The van der Waals surface area contributed by atoms with Gasteiger partial charge in [-0.15, -0.1) is 0 Å². The molecule has 0 saturated heterocycles. The van der Waals surface area contributed by atoms with Crippen molar-refractivity contribution < 1.29 is 18.9 Å². The SMILES string of the molecule is COc1cc(CC(N)c2cc(OC)cc(OC)c2)cc(OC)c1. The Hall–Kier alpha value is -2.40.